The molecular weight excluding hydrogens is 440 g/mol. The number of likely N-dealkylation sites (tertiary alicyclic amines) is 1. The minimum atomic E-state index is -1.22. The summed E-state index contributed by atoms with van der Waals surface area (Å²) in [5.74, 6) is 1.42. The van der Waals surface area contributed by atoms with Gasteiger partial charge in [-0.3, -0.25) is 9.67 Å². The maximum atomic E-state index is 12.4. The molecule has 4 heterocycles. The number of hydrogen-bond donors (Lipinski definition) is 1. The monoisotopic (exact) mass is 472 g/mol. The predicted molar refractivity (Wildman–Crippen MR) is 133 cm³/mol. The standard InChI is InChI=1S/C27H32N6O2/c1-19(2)20-6-8-22(9-7-20)27(34,26(3)17-32(4)18-26)23-14-21(15-28-16-23)25-30-24(35-31-25)10-13-33-12-5-11-29-33/h5-9,11-12,14-16,19,34H,10,13,17-18H2,1-4H3/t27-/m0/s1. The highest BCUT2D eigenvalue weighted by Crippen LogP contribution is 2.50. The minimum absolute atomic E-state index is 0.367. The quantitative estimate of drug-likeness (QED) is 0.416. The van der Waals surface area contributed by atoms with Gasteiger partial charge in [0.25, 0.3) is 0 Å². The molecule has 1 atom stereocenters. The number of aromatic nitrogens is 5. The molecule has 1 saturated heterocycles. The van der Waals surface area contributed by atoms with Crippen molar-refractivity contribution in [2.45, 2.75) is 45.3 Å². The van der Waals surface area contributed by atoms with Crippen LogP contribution in [-0.4, -0.2) is 55.0 Å². The molecule has 182 valence electrons. The highest BCUT2D eigenvalue weighted by atomic mass is 16.5. The summed E-state index contributed by atoms with van der Waals surface area (Å²) in [5, 5.41) is 20.8. The van der Waals surface area contributed by atoms with E-state index < -0.39 is 5.60 Å². The molecule has 3 aromatic heterocycles. The molecule has 0 saturated carbocycles. The van der Waals surface area contributed by atoms with Crippen molar-refractivity contribution < 1.29 is 9.63 Å². The summed E-state index contributed by atoms with van der Waals surface area (Å²) in [4.78, 5) is 11.3. The zero-order valence-corrected chi connectivity index (χ0v) is 20.7. The molecule has 35 heavy (non-hydrogen) atoms. The number of rotatable bonds is 8. The van der Waals surface area contributed by atoms with Crippen LogP contribution in [0.3, 0.4) is 0 Å². The number of aryl methyl sites for hydroxylation is 2. The molecule has 1 N–H and O–H groups in total. The van der Waals surface area contributed by atoms with E-state index in [0.717, 1.165) is 24.2 Å². The van der Waals surface area contributed by atoms with Crippen LogP contribution in [0.5, 0.6) is 0 Å². The molecule has 8 heteroatoms. The summed E-state index contributed by atoms with van der Waals surface area (Å²) in [5.41, 5.74) is 1.96. The molecule has 8 nitrogen and oxygen atoms in total. The zero-order chi connectivity index (χ0) is 24.6. The van der Waals surface area contributed by atoms with Crippen LogP contribution in [0.25, 0.3) is 11.4 Å². The Kier molecular flexibility index (Phi) is 6.02. The smallest absolute Gasteiger partial charge is 0.228 e. The van der Waals surface area contributed by atoms with Gasteiger partial charge in [-0.1, -0.05) is 50.2 Å². The zero-order valence-electron chi connectivity index (χ0n) is 20.7. The van der Waals surface area contributed by atoms with E-state index in [0.29, 0.717) is 36.2 Å². The van der Waals surface area contributed by atoms with Crippen LogP contribution in [0.1, 0.15) is 49.3 Å². The van der Waals surface area contributed by atoms with Crippen molar-refractivity contribution in [1.82, 2.24) is 29.8 Å². The fourth-order valence-electron chi connectivity index (χ4n) is 5.22. The fourth-order valence-corrected chi connectivity index (χ4v) is 5.22. The Morgan fingerprint density at radius 1 is 1.14 bits per heavy atom. The van der Waals surface area contributed by atoms with Gasteiger partial charge in [-0.05, 0) is 36.2 Å². The Bertz CT molecular complexity index is 1280. The van der Waals surface area contributed by atoms with Gasteiger partial charge in [-0.2, -0.15) is 10.1 Å². The summed E-state index contributed by atoms with van der Waals surface area (Å²) in [6, 6.07) is 12.1. The average Bonchev–Trinajstić information content (AvgIpc) is 3.53. The molecule has 0 aliphatic carbocycles. The number of nitrogens with zero attached hydrogens (tertiary/aromatic N) is 6. The molecule has 0 bridgehead atoms. The van der Waals surface area contributed by atoms with Crippen LogP contribution in [0.15, 0.2) is 65.7 Å². The molecular formula is C27H32N6O2. The van der Waals surface area contributed by atoms with Crippen LogP contribution >= 0.6 is 0 Å². The van der Waals surface area contributed by atoms with Gasteiger partial charge >= 0.3 is 0 Å². The molecule has 0 radical (unpaired) electrons. The van der Waals surface area contributed by atoms with Crippen LogP contribution in [0.2, 0.25) is 0 Å². The SMILES string of the molecule is CC(C)c1ccc([C@](O)(c2cncc(-c3noc(CCn4cccn4)n3)c2)C2(C)CN(C)C2)cc1. The van der Waals surface area contributed by atoms with Crippen molar-refractivity contribution >= 4 is 0 Å². The Balaban J connectivity index is 1.48. The van der Waals surface area contributed by atoms with E-state index in [2.05, 4.69) is 65.1 Å². The molecule has 1 aliphatic rings. The first kappa shape index (κ1) is 23.4. The van der Waals surface area contributed by atoms with Crippen molar-refractivity contribution in [3.63, 3.8) is 0 Å². The van der Waals surface area contributed by atoms with E-state index in [1.54, 1.807) is 18.6 Å². The second-order valence-corrected chi connectivity index (χ2v) is 10.2. The number of hydrogen-bond acceptors (Lipinski definition) is 7. The lowest BCUT2D eigenvalue weighted by Crippen LogP contribution is -2.63. The molecule has 0 spiro atoms. The summed E-state index contributed by atoms with van der Waals surface area (Å²) in [6.07, 6.45) is 7.69. The Morgan fingerprint density at radius 3 is 2.57 bits per heavy atom. The van der Waals surface area contributed by atoms with Gasteiger partial charge in [0.1, 0.15) is 5.60 Å². The number of aliphatic hydroxyl groups is 1. The predicted octanol–water partition coefficient (Wildman–Crippen LogP) is 3.88. The van der Waals surface area contributed by atoms with Crippen molar-refractivity contribution in [2.24, 2.45) is 5.41 Å². The van der Waals surface area contributed by atoms with Gasteiger partial charge < -0.3 is 14.5 Å². The van der Waals surface area contributed by atoms with Crippen LogP contribution in [-0.2, 0) is 18.6 Å². The second-order valence-electron chi connectivity index (χ2n) is 10.2. The van der Waals surface area contributed by atoms with Crippen molar-refractivity contribution in [2.75, 3.05) is 20.1 Å². The fraction of sp³-hybridized carbons (Fsp3) is 0.407. The third-order valence-corrected chi connectivity index (χ3v) is 7.10. The van der Waals surface area contributed by atoms with Gasteiger partial charge in [0, 0.05) is 67.4 Å². The first-order valence-corrected chi connectivity index (χ1v) is 12.1. The van der Waals surface area contributed by atoms with Crippen molar-refractivity contribution in [1.29, 1.82) is 0 Å². The first-order chi connectivity index (χ1) is 16.8. The van der Waals surface area contributed by atoms with Gasteiger partial charge in [0.05, 0.1) is 0 Å². The molecule has 1 aromatic carbocycles. The Labute approximate surface area is 205 Å². The van der Waals surface area contributed by atoms with Gasteiger partial charge in [-0.25, -0.2) is 0 Å². The van der Waals surface area contributed by atoms with Crippen LogP contribution < -0.4 is 0 Å². The topological polar surface area (TPSA) is 93.1 Å². The number of pyridine rings is 1. The lowest BCUT2D eigenvalue weighted by atomic mass is 9.62. The average molecular weight is 473 g/mol. The minimum Gasteiger partial charge on any atom is -0.380 e. The van der Waals surface area contributed by atoms with E-state index >= 15 is 0 Å². The van der Waals surface area contributed by atoms with E-state index in [1.807, 2.05) is 35.1 Å². The Hall–Kier alpha value is -3.36. The maximum Gasteiger partial charge on any atom is 0.228 e. The highest BCUT2D eigenvalue weighted by molar-refractivity contribution is 5.56. The van der Waals surface area contributed by atoms with E-state index in [-0.39, 0.29) is 5.41 Å². The second kappa shape index (κ2) is 9.02. The van der Waals surface area contributed by atoms with E-state index in [1.165, 1.54) is 5.56 Å². The maximum absolute atomic E-state index is 12.4. The third kappa shape index (κ3) is 4.28. The molecule has 1 fully saturated rings. The van der Waals surface area contributed by atoms with Gasteiger partial charge in [-0.15, -0.1) is 0 Å². The molecule has 4 aromatic rings. The van der Waals surface area contributed by atoms with Crippen molar-refractivity contribution in [3.8, 4) is 11.4 Å². The largest absolute Gasteiger partial charge is 0.380 e. The summed E-state index contributed by atoms with van der Waals surface area (Å²) in [6.45, 7) is 8.69. The molecule has 0 unspecified atom stereocenters. The number of benzene rings is 1. The summed E-state index contributed by atoms with van der Waals surface area (Å²) in [7, 11) is 2.07. The lowest BCUT2D eigenvalue weighted by Gasteiger charge is -2.55. The van der Waals surface area contributed by atoms with Crippen LogP contribution in [0, 0.1) is 5.41 Å². The van der Waals surface area contributed by atoms with Gasteiger partial charge in [0.2, 0.25) is 11.7 Å². The summed E-state index contributed by atoms with van der Waals surface area (Å²) >= 11 is 0. The van der Waals surface area contributed by atoms with Crippen molar-refractivity contribution in [3.05, 3.63) is 83.8 Å². The van der Waals surface area contributed by atoms with Crippen LogP contribution in [0.4, 0.5) is 0 Å². The molecule has 5 rings (SSSR count). The molecule has 1 aliphatic heterocycles. The summed E-state index contributed by atoms with van der Waals surface area (Å²) < 4.78 is 7.30. The normalized spacial score (nSPS) is 17.3. The van der Waals surface area contributed by atoms with E-state index in [4.69, 9.17) is 4.52 Å². The highest BCUT2D eigenvalue weighted by Gasteiger charge is 2.55. The van der Waals surface area contributed by atoms with Gasteiger partial charge in [0.15, 0.2) is 0 Å². The lowest BCUT2D eigenvalue weighted by molar-refractivity contribution is -0.127. The first-order valence-electron chi connectivity index (χ1n) is 12.1. The molecule has 0 amide bonds. The Morgan fingerprint density at radius 2 is 1.91 bits per heavy atom. The van der Waals surface area contributed by atoms with E-state index in [9.17, 15) is 5.11 Å². The third-order valence-electron chi connectivity index (χ3n) is 7.10.